The number of ether oxygens (including phenoxy) is 1. The van der Waals surface area contributed by atoms with E-state index in [-0.39, 0.29) is 5.70 Å². The van der Waals surface area contributed by atoms with Crippen molar-refractivity contribution in [3.63, 3.8) is 0 Å². The molecule has 0 unspecified atom stereocenters. The molecule has 0 atom stereocenters. The normalized spacial score (nSPS) is 11.1. The summed E-state index contributed by atoms with van der Waals surface area (Å²) in [6.45, 7) is 2.72. The van der Waals surface area contributed by atoms with Crippen LogP contribution in [0, 0.1) is 0 Å². The fourth-order valence-electron chi connectivity index (χ4n) is 1.90. The molecule has 6 heteroatoms. The molecule has 0 radical (unpaired) electrons. The van der Waals surface area contributed by atoms with Gasteiger partial charge in [-0.3, -0.25) is 4.79 Å². The third-order valence-corrected chi connectivity index (χ3v) is 4.01. The Labute approximate surface area is 144 Å². The molecule has 2 rings (SSSR count). The maximum absolute atomic E-state index is 12.2. The predicted octanol–water partition coefficient (Wildman–Crippen LogP) is 3.78. The molecule has 1 amide bonds. The lowest BCUT2D eigenvalue weighted by Gasteiger charge is -2.08. The van der Waals surface area contributed by atoms with E-state index in [9.17, 15) is 14.7 Å². The van der Waals surface area contributed by atoms with Crippen LogP contribution in [0.2, 0.25) is 0 Å². The minimum Gasteiger partial charge on any atom is -0.494 e. The zero-order valence-electron chi connectivity index (χ0n) is 13.3. The van der Waals surface area contributed by atoms with E-state index in [1.807, 2.05) is 11.4 Å². The van der Waals surface area contributed by atoms with Crippen LogP contribution in [0.15, 0.2) is 47.5 Å². The van der Waals surface area contributed by atoms with Crippen molar-refractivity contribution in [2.24, 2.45) is 0 Å². The molecule has 1 aromatic carbocycles. The van der Waals surface area contributed by atoms with Gasteiger partial charge in [-0.25, -0.2) is 4.79 Å². The number of nitrogens with one attached hydrogen (secondary N) is 1. The lowest BCUT2D eigenvalue weighted by atomic mass is 10.2. The Bertz CT molecular complexity index is 705. The maximum atomic E-state index is 12.2. The van der Waals surface area contributed by atoms with Crippen molar-refractivity contribution in [3.8, 4) is 5.75 Å². The van der Waals surface area contributed by atoms with Gasteiger partial charge in [-0.1, -0.05) is 19.4 Å². The Kier molecular flexibility index (Phi) is 6.57. The Balaban J connectivity index is 2.03. The van der Waals surface area contributed by atoms with Crippen LogP contribution in [0.4, 0.5) is 0 Å². The number of carbonyl (C=O) groups excluding carboxylic acids is 1. The second-order valence-corrected chi connectivity index (χ2v) is 6.04. The van der Waals surface area contributed by atoms with E-state index in [1.165, 1.54) is 17.4 Å². The second-order valence-electron chi connectivity index (χ2n) is 5.06. The summed E-state index contributed by atoms with van der Waals surface area (Å²) >= 11 is 1.40. The SMILES string of the molecule is CCCCOc1ccc(C(=O)N/C(=C/c2cccs2)C(=O)O)cc1. The van der Waals surface area contributed by atoms with E-state index >= 15 is 0 Å². The highest BCUT2D eigenvalue weighted by Crippen LogP contribution is 2.15. The van der Waals surface area contributed by atoms with Crippen LogP contribution in [0.1, 0.15) is 35.0 Å². The van der Waals surface area contributed by atoms with Crippen LogP contribution in [0.3, 0.4) is 0 Å². The number of carboxylic acids is 1. The highest BCUT2D eigenvalue weighted by molar-refractivity contribution is 7.10. The van der Waals surface area contributed by atoms with Crippen LogP contribution in [0.5, 0.6) is 5.75 Å². The van der Waals surface area contributed by atoms with Gasteiger partial charge >= 0.3 is 5.97 Å². The van der Waals surface area contributed by atoms with Crippen molar-refractivity contribution in [1.29, 1.82) is 0 Å². The molecular formula is C18H19NO4S. The monoisotopic (exact) mass is 345 g/mol. The summed E-state index contributed by atoms with van der Waals surface area (Å²) in [5.74, 6) is -0.968. The van der Waals surface area contributed by atoms with Gasteiger partial charge in [0.15, 0.2) is 0 Å². The molecule has 0 aliphatic rings. The highest BCUT2D eigenvalue weighted by atomic mass is 32.1. The number of thiophene rings is 1. The average molecular weight is 345 g/mol. The number of benzene rings is 1. The van der Waals surface area contributed by atoms with Crippen molar-refractivity contribution < 1.29 is 19.4 Å². The lowest BCUT2D eigenvalue weighted by Crippen LogP contribution is -2.27. The van der Waals surface area contributed by atoms with Gasteiger partial charge in [0.2, 0.25) is 0 Å². The zero-order chi connectivity index (χ0) is 17.4. The molecule has 2 N–H and O–H groups in total. The first-order valence-corrected chi connectivity index (χ1v) is 8.51. The van der Waals surface area contributed by atoms with Gasteiger partial charge in [-0.2, -0.15) is 0 Å². The first kappa shape index (κ1) is 17.7. The molecule has 1 heterocycles. The number of aliphatic carboxylic acids is 1. The summed E-state index contributed by atoms with van der Waals surface area (Å²) < 4.78 is 5.53. The summed E-state index contributed by atoms with van der Waals surface area (Å²) in [6, 6.07) is 10.2. The molecule has 0 saturated carbocycles. The summed E-state index contributed by atoms with van der Waals surface area (Å²) in [5.41, 5.74) is 0.210. The van der Waals surface area contributed by atoms with Crippen LogP contribution in [-0.2, 0) is 4.79 Å². The van der Waals surface area contributed by atoms with Gasteiger partial charge in [0, 0.05) is 10.4 Å². The summed E-state index contributed by atoms with van der Waals surface area (Å²) in [7, 11) is 0. The van der Waals surface area contributed by atoms with E-state index < -0.39 is 11.9 Å². The van der Waals surface area contributed by atoms with Gasteiger partial charge in [-0.05, 0) is 48.2 Å². The molecule has 0 saturated heterocycles. The van der Waals surface area contributed by atoms with E-state index in [0.29, 0.717) is 17.9 Å². The van der Waals surface area contributed by atoms with Crippen molar-refractivity contribution >= 4 is 29.3 Å². The van der Waals surface area contributed by atoms with E-state index in [2.05, 4.69) is 12.2 Å². The minimum atomic E-state index is -1.18. The van der Waals surface area contributed by atoms with Crippen LogP contribution in [-0.4, -0.2) is 23.6 Å². The van der Waals surface area contributed by atoms with Gasteiger partial charge in [-0.15, -0.1) is 11.3 Å². The maximum Gasteiger partial charge on any atom is 0.352 e. The number of hydrogen-bond donors (Lipinski definition) is 2. The van der Waals surface area contributed by atoms with E-state index in [4.69, 9.17) is 4.74 Å². The Morgan fingerprint density at radius 1 is 1.25 bits per heavy atom. The molecule has 5 nitrogen and oxygen atoms in total. The summed E-state index contributed by atoms with van der Waals surface area (Å²) in [5, 5.41) is 13.5. The number of rotatable bonds is 8. The average Bonchev–Trinajstić information content (AvgIpc) is 3.08. The van der Waals surface area contributed by atoms with Gasteiger partial charge in [0.05, 0.1) is 6.61 Å². The highest BCUT2D eigenvalue weighted by Gasteiger charge is 2.13. The zero-order valence-corrected chi connectivity index (χ0v) is 14.1. The van der Waals surface area contributed by atoms with Crippen LogP contribution >= 0.6 is 11.3 Å². The molecule has 0 spiro atoms. The van der Waals surface area contributed by atoms with Crippen molar-refractivity contribution in [2.45, 2.75) is 19.8 Å². The molecule has 0 aliphatic carbocycles. The summed E-state index contributed by atoms with van der Waals surface area (Å²) in [6.07, 6.45) is 3.46. The number of hydrogen-bond acceptors (Lipinski definition) is 4. The third kappa shape index (κ3) is 5.24. The van der Waals surface area contributed by atoms with Crippen molar-refractivity contribution in [1.82, 2.24) is 5.32 Å². The minimum absolute atomic E-state index is 0.161. The number of carboxylic acid groups (broad SMARTS) is 1. The standard InChI is InChI=1S/C18H19NO4S/c1-2-3-10-23-14-8-6-13(7-9-14)17(20)19-16(18(21)22)12-15-5-4-11-24-15/h4-9,11-12H,2-3,10H2,1H3,(H,19,20)(H,21,22)/b16-12+. The van der Waals surface area contributed by atoms with Gasteiger partial charge in [0.25, 0.3) is 5.91 Å². The van der Waals surface area contributed by atoms with E-state index in [1.54, 1.807) is 30.3 Å². The quantitative estimate of drug-likeness (QED) is 0.564. The van der Waals surface area contributed by atoms with Crippen molar-refractivity contribution in [2.75, 3.05) is 6.61 Å². The molecule has 1 aromatic heterocycles. The number of amides is 1. The third-order valence-electron chi connectivity index (χ3n) is 3.19. The van der Waals surface area contributed by atoms with Crippen LogP contribution < -0.4 is 10.1 Å². The topological polar surface area (TPSA) is 75.6 Å². The smallest absolute Gasteiger partial charge is 0.352 e. The van der Waals surface area contributed by atoms with Crippen molar-refractivity contribution in [3.05, 3.63) is 57.9 Å². The fraction of sp³-hybridized carbons (Fsp3) is 0.222. The van der Waals surface area contributed by atoms with Gasteiger partial charge < -0.3 is 15.2 Å². The molecule has 0 fully saturated rings. The first-order chi connectivity index (χ1) is 11.6. The molecule has 0 aliphatic heterocycles. The summed E-state index contributed by atoms with van der Waals surface area (Å²) in [4.78, 5) is 24.3. The second kappa shape index (κ2) is 8.88. The Morgan fingerprint density at radius 2 is 2.00 bits per heavy atom. The lowest BCUT2D eigenvalue weighted by molar-refractivity contribution is -0.132. The molecule has 2 aromatic rings. The predicted molar refractivity (Wildman–Crippen MR) is 94.2 cm³/mol. The van der Waals surface area contributed by atoms with Gasteiger partial charge in [0.1, 0.15) is 11.4 Å². The van der Waals surface area contributed by atoms with E-state index in [0.717, 1.165) is 17.7 Å². The molecule has 126 valence electrons. The Morgan fingerprint density at radius 3 is 2.58 bits per heavy atom. The first-order valence-electron chi connectivity index (χ1n) is 7.63. The number of carbonyl (C=O) groups is 2. The molecular weight excluding hydrogens is 326 g/mol. The molecule has 24 heavy (non-hydrogen) atoms. The van der Waals surface area contributed by atoms with Crippen LogP contribution in [0.25, 0.3) is 6.08 Å². The fourth-order valence-corrected chi connectivity index (χ4v) is 2.56. The number of unbranched alkanes of at least 4 members (excludes halogenated alkanes) is 1. The largest absolute Gasteiger partial charge is 0.494 e. The molecule has 0 bridgehead atoms. The Hall–Kier alpha value is -2.60.